The van der Waals surface area contributed by atoms with E-state index in [1.807, 2.05) is 11.7 Å². The summed E-state index contributed by atoms with van der Waals surface area (Å²) in [5, 5.41) is 1.34. The van der Waals surface area contributed by atoms with Crippen molar-refractivity contribution in [3.63, 3.8) is 0 Å². The zero-order chi connectivity index (χ0) is 11.1. The number of rotatable bonds is 1. The van der Waals surface area contributed by atoms with Crippen LogP contribution in [0, 0.1) is 13.8 Å². The Kier molecular flexibility index (Phi) is 2.07. The molecule has 0 aliphatic heterocycles. The van der Waals surface area contributed by atoms with Gasteiger partial charge < -0.3 is 4.98 Å². The maximum Gasteiger partial charge on any atom is 0.0797 e. The number of hydrogen-bond acceptors (Lipinski definition) is 2. The molecule has 0 aliphatic carbocycles. The van der Waals surface area contributed by atoms with E-state index in [9.17, 15) is 0 Å². The third-order valence-corrected chi connectivity index (χ3v) is 3.71. The summed E-state index contributed by atoms with van der Waals surface area (Å²) >= 11 is 1.68. The molecule has 0 saturated carbocycles. The van der Waals surface area contributed by atoms with Crippen molar-refractivity contribution in [2.45, 2.75) is 13.8 Å². The second-order valence-corrected chi connectivity index (χ2v) is 4.94. The van der Waals surface area contributed by atoms with Crippen LogP contribution in [0.5, 0.6) is 0 Å². The van der Waals surface area contributed by atoms with E-state index in [4.69, 9.17) is 0 Å². The number of hydrogen-bond donors (Lipinski definition) is 1. The van der Waals surface area contributed by atoms with Crippen LogP contribution in [0.3, 0.4) is 0 Å². The number of aryl methyl sites for hydroxylation is 2. The molecule has 0 saturated heterocycles. The van der Waals surface area contributed by atoms with Gasteiger partial charge in [-0.25, -0.2) is 0 Å². The Morgan fingerprint density at radius 1 is 1.19 bits per heavy atom. The minimum Gasteiger partial charge on any atom is -0.361 e. The number of benzene rings is 1. The third-order valence-electron chi connectivity index (χ3n) is 2.89. The number of nitrogens with one attached hydrogen (secondary N) is 1. The summed E-state index contributed by atoms with van der Waals surface area (Å²) in [6, 6.07) is 4.43. The van der Waals surface area contributed by atoms with E-state index < -0.39 is 0 Å². The molecule has 0 atom stereocenters. The van der Waals surface area contributed by atoms with E-state index in [0.717, 1.165) is 0 Å². The Bertz CT molecular complexity index is 635. The van der Waals surface area contributed by atoms with E-state index >= 15 is 0 Å². The van der Waals surface area contributed by atoms with Gasteiger partial charge in [0, 0.05) is 23.3 Å². The summed E-state index contributed by atoms with van der Waals surface area (Å²) in [6.07, 6.45) is 3.98. The van der Waals surface area contributed by atoms with Gasteiger partial charge >= 0.3 is 0 Å². The predicted molar refractivity (Wildman–Crippen MR) is 68.9 cm³/mol. The lowest BCUT2D eigenvalue weighted by Crippen LogP contribution is -1.80. The standard InChI is InChI=1S/C13H12N2S/c1-8-3-10(12-6-14-7-16-12)4-11-13(8)9(2)5-15-11/h3-7,15H,1-2H3. The zero-order valence-electron chi connectivity index (χ0n) is 9.24. The molecule has 0 fully saturated rings. The van der Waals surface area contributed by atoms with Crippen molar-refractivity contribution in [1.82, 2.24) is 9.97 Å². The molecular weight excluding hydrogens is 216 g/mol. The fourth-order valence-electron chi connectivity index (χ4n) is 2.18. The predicted octanol–water partition coefficient (Wildman–Crippen LogP) is 3.91. The van der Waals surface area contributed by atoms with Crippen LogP contribution in [0.4, 0.5) is 0 Å². The van der Waals surface area contributed by atoms with Gasteiger partial charge in [0.1, 0.15) is 0 Å². The molecule has 0 radical (unpaired) electrons. The first-order valence-electron chi connectivity index (χ1n) is 5.23. The van der Waals surface area contributed by atoms with Crippen LogP contribution in [-0.2, 0) is 0 Å². The van der Waals surface area contributed by atoms with E-state index in [-0.39, 0.29) is 0 Å². The Morgan fingerprint density at radius 3 is 2.81 bits per heavy atom. The molecule has 0 unspecified atom stereocenters. The van der Waals surface area contributed by atoms with Gasteiger partial charge in [-0.15, -0.1) is 11.3 Å². The number of H-pyrrole nitrogens is 1. The molecule has 1 N–H and O–H groups in total. The maximum absolute atomic E-state index is 4.12. The van der Waals surface area contributed by atoms with Crippen molar-refractivity contribution in [2.24, 2.45) is 0 Å². The van der Waals surface area contributed by atoms with Crippen molar-refractivity contribution in [3.8, 4) is 10.4 Å². The van der Waals surface area contributed by atoms with Gasteiger partial charge in [-0.1, -0.05) is 0 Å². The Morgan fingerprint density at radius 2 is 2.06 bits per heavy atom. The highest BCUT2D eigenvalue weighted by Gasteiger charge is 2.07. The van der Waals surface area contributed by atoms with Gasteiger partial charge in [-0.2, -0.15) is 0 Å². The summed E-state index contributed by atoms with van der Waals surface area (Å²) in [5.74, 6) is 0. The second kappa shape index (κ2) is 3.46. The summed E-state index contributed by atoms with van der Waals surface area (Å²) in [6.45, 7) is 4.30. The van der Waals surface area contributed by atoms with Crippen molar-refractivity contribution in [2.75, 3.05) is 0 Å². The summed E-state index contributed by atoms with van der Waals surface area (Å²) in [4.78, 5) is 8.66. The van der Waals surface area contributed by atoms with Gasteiger partial charge in [0.2, 0.25) is 0 Å². The first-order chi connectivity index (χ1) is 7.75. The van der Waals surface area contributed by atoms with Gasteiger partial charge in [0.05, 0.1) is 10.4 Å². The maximum atomic E-state index is 4.12. The van der Waals surface area contributed by atoms with E-state index in [2.05, 4.69) is 42.1 Å². The van der Waals surface area contributed by atoms with Crippen molar-refractivity contribution >= 4 is 22.2 Å². The van der Waals surface area contributed by atoms with E-state index in [0.29, 0.717) is 0 Å². The highest BCUT2D eigenvalue weighted by Crippen LogP contribution is 2.30. The van der Waals surface area contributed by atoms with Crippen molar-refractivity contribution in [3.05, 3.63) is 41.2 Å². The van der Waals surface area contributed by atoms with Crippen LogP contribution in [0.15, 0.2) is 30.0 Å². The average Bonchev–Trinajstić information content (AvgIpc) is 2.87. The van der Waals surface area contributed by atoms with Crippen LogP contribution in [0.1, 0.15) is 11.1 Å². The van der Waals surface area contributed by atoms with Crippen LogP contribution in [0.25, 0.3) is 21.3 Å². The average molecular weight is 228 g/mol. The lowest BCUT2D eigenvalue weighted by atomic mass is 10.0. The SMILES string of the molecule is Cc1c[nH]c2cc(-c3cncs3)cc(C)c12. The van der Waals surface area contributed by atoms with Gasteiger partial charge in [-0.3, -0.25) is 4.98 Å². The number of aromatic nitrogens is 2. The highest BCUT2D eigenvalue weighted by molar-refractivity contribution is 7.13. The van der Waals surface area contributed by atoms with Gasteiger partial charge in [-0.05, 0) is 42.7 Å². The molecule has 1 aromatic carbocycles. The molecule has 0 bridgehead atoms. The fourth-order valence-corrected chi connectivity index (χ4v) is 2.79. The summed E-state index contributed by atoms with van der Waals surface area (Å²) in [5.41, 5.74) is 6.95. The molecular formula is C13H12N2S. The Balaban J connectivity index is 2.30. The van der Waals surface area contributed by atoms with Gasteiger partial charge in [0.25, 0.3) is 0 Å². The molecule has 2 nitrogen and oxygen atoms in total. The first-order valence-corrected chi connectivity index (χ1v) is 6.11. The van der Waals surface area contributed by atoms with Crippen LogP contribution in [-0.4, -0.2) is 9.97 Å². The van der Waals surface area contributed by atoms with Crippen LogP contribution in [0.2, 0.25) is 0 Å². The molecule has 0 aliphatic rings. The molecule has 80 valence electrons. The first kappa shape index (κ1) is 9.60. The second-order valence-electron chi connectivity index (χ2n) is 4.05. The van der Waals surface area contributed by atoms with Crippen molar-refractivity contribution in [1.29, 1.82) is 0 Å². The number of fused-ring (bicyclic) bond motifs is 1. The molecule has 16 heavy (non-hydrogen) atoms. The Hall–Kier alpha value is -1.61. The molecule has 0 spiro atoms. The number of aromatic amines is 1. The quantitative estimate of drug-likeness (QED) is 0.672. The lowest BCUT2D eigenvalue weighted by Gasteiger charge is -2.02. The number of nitrogens with zero attached hydrogens (tertiary/aromatic N) is 1. The van der Waals surface area contributed by atoms with E-state index in [1.54, 1.807) is 11.3 Å². The number of thiazole rings is 1. The third kappa shape index (κ3) is 1.36. The fraction of sp³-hybridized carbons (Fsp3) is 0.154. The minimum atomic E-state index is 1.21. The largest absolute Gasteiger partial charge is 0.361 e. The summed E-state index contributed by atoms with van der Waals surface area (Å²) < 4.78 is 0. The van der Waals surface area contributed by atoms with Gasteiger partial charge in [0.15, 0.2) is 0 Å². The monoisotopic (exact) mass is 228 g/mol. The molecule has 2 aromatic heterocycles. The van der Waals surface area contributed by atoms with Crippen molar-refractivity contribution < 1.29 is 0 Å². The lowest BCUT2D eigenvalue weighted by molar-refractivity contribution is 1.42. The molecule has 3 heteroatoms. The molecule has 0 amide bonds. The zero-order valence-corrected chi connectivity index (χ0v) is 10.1. The summed E-state index contributed by atoms with van der Waals surface area (Å²) in [7, 11) is 0. The van der Waals surface area contributed by atoms with Crippen LogP contribution >= 0.6 is 11.3 Å². The van der Waals surface area contributed by atoms with E-state index in [1.165, 1.54) is 32.5 Å². The highest BCUT2D eigenvalue weighted by atomic mass is 32.1. The molecule has 3 aromatic rings. The Labute approximate surface area is 98.0 Å². The molecule has 2 heterocycles. The normalized spacial score (nSPS) is 11.1. The molecule has 3 rings (SSSR count). The van der Waals surface area contributed by atoms with Crippen LogP contribution < -0.4 is 0 Å². The smallest absolute Gasteiger partial charge is 0.0797 e. The topological polar surface area (TPSA) is 28.7 Å². The minimum absolute atomic E-state index is 1.21.